The maximum absolute atomic E-state index is 14.2. The van der Waals surface area contributed by atoms with Crippen LogP contribution in [0.5, 0.6) is 17.4 Å². The van der Waals surface area contributed by atoms with Gasteiger partial charge in [-0.05, 0) is 73.5 Å². The highest BCUT2D eigenvalue weighted by molar-refractivity contribution is 9.10. The summed E-state index contributed by atoms with van der Waals surface area (Å²) in [6, 6.07) is 14.7. The minimum Gasteiger partial charge on any atom is -0.444 e. The van der Waals surface area contributed by atoms with Gasteiger partial charge in [0.25, 0.3) is 5.88 Å². The number of nitrogens with zero attached hydrogens (tertiary/aromatic N) is 1. The quantitative estimate of drug-likeness (QED) is 0.264. The van der Waals surface area contributed by atoms with Crippen molar-refractivity contribution in [3.05, 3.63) is 71.1 Å². The van der Waals surface area contributed by atoms with Crippen LogP contribution in [0.3, 0.4) is 0 Å². The first-order valence-electron chi connectivity index (χ1n) is 10.9. The number of hydrogen-bond acceptors (Lipinski definition) is 6. The molecule has 0 aliphatic rings. The van der Waals surface area contributed by atoms with Gasteiger partial charge in [-0.15, -0.1) is 0 Å². The first-order chi connectivity index (χ1) is 16.5. The van der Waals surface area contributed by atoms with Crippen molar-refractivity contribution < 1.29 is 28.2 Å². The van der Waals surface area contributed by atoms with Gasteiger partial charge in [-0.1, -0.05) is 30.3 Å². The lowest BCUT2D eigenvalue weighted by Crippen LogP contribution is -2.39. The number of benzene rings is 2. The molecule has 0 saturated heterocycles. The van der Waals surface area contributed by atoms with Crippen molar-refractivity contribution in [3.63, 3.8) is 0 Å². The second-order valence-corrected chi connectivity index (χ2v) is 9.71. The van der Waals surface area contributed by atoms with Gasteiger partial charge >= 0.3 is 12.1 Å². The molecule has 1 aromatic heterocycles. The van der Waals surface area contributed by atoms with E-state index in [0.717, 1.165) is 0 Å². The lowest BCUT2D eigenvalue weighted by atomic mass is 10.0. The summed E-state index contributed by atoms with van der Waals surface area (Å²) >= 11 is 3.17. The molecular weight excluding hydrogens is 519 g/mol. The van der Waals surface area contributed by atoms with Crippen LogP contribution in [0, 0.1) is 5.82 Å². The van der Waals surface area contributed by atoms with Crippen molar-refractivity contribution in [1.82, 2.24) is 10.3 Å². The van der Waals surface area contributed by atoms with Crippen LogP contribution in [-0.2, 0) is 9.53 Å². The number of amides is 1. The number of nitrogens with one attached hydrogen (secondary N) is 1. The number of halogens is 2. The number of esters is 1. The largest absolute Gasteiger partial charge is 0.444 e. The van der Waals surface area contributed by atoms with E-state index in [1.807, 2.05) is 12.1 Å². The average Bonchev–Trinajstić information content (AvgIpc) is 2.74. The molecule has 184 valence electrons. The molecule has 3 rings (SSSR count). The number of ether oxygens (including phenoxy) is 3. The van der Waals surface area contributed by atoms with Gasteiger partial charge in [-0.25, -0.2) is 14.2 Å². The van der Waals surface area contributed by atoms with E-state index in [0.29, 0.717) is 27.1 Å². The highest BCUT2D eigenvalue weighted by atomic mass is 79.9. The molecule has 1 atom stereocenters. The summed E-state index contributed by atoms with van der Waals surface area (Å²) in [6.45, 7) is 6.96. The van der Waals surface area contributed by atoms with Gasteiger partial charge in [-0.2, -0.15) is 0 Å². The molecule has 2 aromatic carbocycles. The summed E-state index contributed by atoms with van der Waals surface area (Å²) in [4.78, 5) is 28.3. The fourth-order valence-corrected chi connectivity index (χ4v) is 3.39. The Morgan fingerprint density at radius 1 is 1.11 bits per heavy atom. The highest BCUT2D eigenvalue weighted by Crippen LogP contribution is 2.35. The van der Waals surface area contributed by atoms with E-state index in [9.17, 15) is 14.0 Å². The lowest BCUT2D eigenvalue weighted by Gasteiger charge is -2.21. The summed E-state index contributed by atoms with van der Waals surface area (Å²) in [5.74, 6) is -0.573. The predicted molar refractivity (Wildman–Crippen MR) is 133 cm³/mol. The van der Waals surface area contributed by atoms with Gasteiger partial charge in [0.1, 0.15) is 17.1 Å². The molecule has 0 spiro atoms. The smallest absolute Gasteiger partial charge is 0.407 e. The van der Waals surface area contributed by atoms with E-state index < -0.39 is 29.5 Å². The zero-order valence-corrected chi connectivity index (χ0v) is 21.4. The van der Waals surface area contributed by atoms with Gasteiger partial charge < -0.3 is 19.5 Å². The van der Waals surface area contributed by atoms with Gasteiger partial charge in [0.05, 0.1) is 6.42 Å². The molecule has 1 amide bonds. The van der Waals surface area contributed by atoms with Crippen LogP contribution in [0.2, 0.25) is 0 Å². The van der Waals surface area contributed by atoms with Crippen LogP contribution in [0.1, 0.15) is 34.1 Å². The first-order valence-corrected chi connectivity index (χ1v) is 11.7. The summed E-state index contributed by atoms with van der Waals surface area (Å²) in [5, 5.41) is 2.61. The summed E-state index contributed by atoms with van der Waals surface area (Å²) in [6.07, 6.45) is 0.797. The Balaban J connectivity index is 1.69. The molecule has 1 unspecified atom stereocenters. The molecule has 0 radical (unpaired) electrons. The Morgan fingerprint density at radius 3 is 2.57 bits per heavy atom. The van der Waals surface area contributed by atoms with Crippen molar-refractivity contribution in [2.45, 2.75) is 45.8 Å². The van der Waals surface area contributed by atoms with Crippen molar-refractivity contribution in [2.24, 2.45) is 0 Å². The molecule has 0 aliphatic carbocycles. The molecule has 7 nitrogen and oxygen atoms in total. The second-order valence-electron chi connectivity index (χ2n) is 8.79. The van der Waals surface area contributed by atoms with E-state index in [2.05, 4.69) is 26.2 Å². The van der Waals surface area contributed by atoms with Crippen LogP contribution >= 0.6 is 15.9 Å². The third-order valence-corrected chi connectivity index (χ3v) is 4.91. The first kappa shape index (κ1) is 26.2. The third-order valence-electron chi connectivity index (χ3n) is 4.48. The van der Waals surface area contributed by atoms with Gasteiger partial charge in [0, 0.05) is 22.3 Å². The molecule has 0 aliphatic heterocycles. The normalized spacial score (nSPS) is 11.9. The number of carbonyl (C=O) groups excluding carboxylic acids is 2. The van der Waals surface area contributed by atoms with Crippen LogP contribution in [0.15, 0.2) is 65.3 Å². The number of pyridine rings is 1. The van der Waals surface area contributed by atoms with E-state index in [1.54, 1.807) is 64.1 Å². The Hall–Kier alpha value is -3.46. The van der Waals surface area contributed by atoms with Crippen LogP contribution in [0.25, 0.3) is 11.1 Å². The average molecular weight is 545 g/mol. The fourth-order valence-electron chi connectivity index (χ4n) is 3.09. The monoisotopic (exact) mass is 544 g/mol. The molecule has 1 N–H and O–H groups in total. The molecule has 1 heterocycles. The number of hydrogen-bond donors (Lipinski definition) is 1. The Labute approximate surface area is 211 Å². The minimum absolute atomic E-state index is 0.0440. The zero-order chi connectivity index (χ0) is 25.6. The van der Waals surface area contributed by atoms with Crippen LogP contribution < -0.4 is 14.8 Å². The maximum atomic E-state index is 14.2. The van der Waals surface area contributed by atoms with Gasteiger partial charge in [0.15, 0.2) is 5.82 Å². The molecule has 3 aromatic rings. The lowest BCUT2D eigenvalue weighted by molar-refractivity contribution is -0.134. The number of aromatic nitrogens is 1. The minimum atomic E-state index is -0.635. The molecule has 0 bridgehead atoms. The molecule has 0 saturated carbocycles. The van der Waals surface area contributed by atoms with Crippen molar-refractivity contribution in [3.8, 4) is 28.5 Å². The molecule has 0 fully saturated rings. The second kappa shape index (κ2) is 11.3. The fraction of sp³-hybridized carbons (Fsp3) is 0.269. The number of para-hydroxylation sites is 1. The van der Waals surface area contributed by atoms with Gasteiger partial charge in [0.2, 0.25) is 0 Å². The SMILES string of the molecule is CC(CC(=O)Oc1cccc(-c2ccccc2Oc2ncc(Br)cc2F)c1)NC(=O)OC(C)(C)C. The maximum Gasteiger partial charge on any atom is 0.407 e. The highest BCUT2D eigenvalue weighted by Gasteiger charge is 2.20. The van der Waals surface area contributed by atoms with Crippen molar-refractivity contribution in [2.75, 3.05) is 0 Å². The molecule has 35 heavy (non-hydrogen) atoms. The summed E-state index contributed by atoms with van der Waals surface area (Å²) in [5.41, 5.74) is 0.724. The molecular formula is C26H26BrFN2O5. The van der Waals surface area contributed by atoms with E-state index in [4.69, 9.17) is 14.2 Å². The summed E-state index contributed by atoms with van der Waals surface area (Å²) in [7, 11) is 0. The van der Waals surface area contributed by atoms with E-state index in [1.165, 1.54) is 12.3 Å². The number of carbonyl (C=O) groups is 2. The summed E-state index contributed by atoms with van der Waals surface area (Å²) < 4.78 is 31.1. The number of rotatable bonds is 7. The standard InChI is InChI=1S/C26H26BrFN2O5/c1-16(30-25(32)35-26(2,3)4)12-23(31)33-19-9-7-8-17(13-19)20-10-5-6-11-22(20)34-24-21(28)14-18(27)15-29-24/h5-11,13-16H,12H2,1-4H3,(H,30,32). The topological polar surface area (TPSA) is 86.8 Å². The van der Waals surface area contributed by atoms with Crippen LogP contribution in [0.4, 0.5) is 9.18 Å². The van der Waals surface area contributed by atoms with E-state index >= 15 is 0 Å². The Morgan fingerprint density at radius 2 is 1.86 bits per heavy atom. The zero-order valence-electron chi connectivity index (χ0n) is 19.8. The van der Waals surface area contributed by atoms with Crippen molar-refractivity contribution in [1.29, 1.82) is 0 Å². The predicted octanol–water partition coefficient (Wildman–Crippen LogP) is 6.65. The Bertz CT molecular complexity index is 1210. The Kier molecular flexibility index (Phi) is 8.45. The third kappa shape index (κ3) is 8.06. The van der Waals surface area contributed by atoms with Crippen LogP contribution in [-0.4, -0.2) is 28.7 Å². The number of alkyl carbamates (subject to hydrolysis) is 1. The van der Waals surface area contributed by atoms with E-state index in [-0.39, 0.29) is 12.3 Å². The van der Waals surface area contributed by atoms with Crippen molar-refractivity contribution >= 4 is 28.0 Å². The van der Waals surface area contributed by atoms with Gasteiger partial charge in [-0.3, -0.25) is 4.79 Å². The molecule has 9 heteroatoms.